The molecule has 3 N–H and O–H groups in total. The number of hydrogen-bond acceptors (Lipinski definition) is 4. The Balaban J connectivity index is 0.928. The van der Waals surface area contributed by atoms with E-state index in [0.29, 0.717) is 0 Å². The Morgan fingerprint density at radius 3 is 0.657 bits per heavy atom. The predicted molar refractivity (Wildman–Crippen MR) is 286 cm³/mol. The Bertz CT molecular complexity index is 3080. The van der Waals surface area contributed by atoms with Gasteiger partial charge in [0.25, 0.3) is 0 Å². The Morgan fingerprint density at radius 2 is 0.429 bits per heavy atom. The number of imidazole rings is 3. The highest BCUT2D eigenvalue weighted by Gasteiger charge is 2.21. The van der Waals surface area contributed by atoms with Crippen molar-refractivity contribution in [3.8, 4) is 102 Å². The third-order valence-electron chi connectivity index (χ3n) is 12.6. The molecule has 0 amide bonds. The third kappa shape index (κ3) is 8.29. The standard InChI is InChI=1S/C63H45N7/c1-7-19-43(20-8-1)55-56(44-21-9-2-10-22-44)65-61(64-55)49-31-37-52(38-32-49)70(53-39-33-50(34-40-53)62-66-57(45-23-11-3-12-24-45)58(67-62)46-25-13-4-14-26-46)54-41-35-51(36-42-54)63-68-59(47-27-15-5-16-28-47)60(69-63)48-29-17-6-18-30-48/h1-42H,(H,64,65)(H,66,67)(H,68,69). The molecule has 3 aromatic heterocycles. The van der Waals surface area contributed by atoms with E-state index < -0.39 is 0 Å². The van der Waals surface area contributed by atoms with E-state index in [2.05, 4.69) is 238 Å². The van der Waals surface area contributed by atoms with Gasteiger partial charge in [-0.3, -0.25) is 0 Å². The van der Waals surface area contributed by atoms with Crippen molar-refractivity contribution in [1.82, 2.24) is 29.9 Å². The van der Waals surface area contributed by atoms with Crippen molar-refractivity contribution < 1.29 is 0 Å². The van der Waals surface area contributed by atoms with Crippen molar-refractivity contribution in [2.75, 3.05) is 4.90 Å². The van der Waals surface area contributed by atoms with E-state index in [1.165, 1.54) is 0 Å². The van der Waals surface area contributed by atoms with Crippen LogP contribution in [0.15, 0.2) is 255 Å². The van der Waals surface area contributed by atoms with Crippen LogP contribution < -0.4 is 4.90 Å². The molecule has 9 aromatic carbocycles. The minimum atomic E-state index is 0.802. The van der Waals surface area contributed by atoms with Gasteiger partial charge < -0.3 is 19.9 Å². The lowest BCUT2D eigenvalue weighted by Crippen LogP contribution is -2.09. The summed E-state index contributed by atoms with van der Waals surface area (Å²) in [7, 11) is 0. The van der Waals surface area contributed by atoms with Crippen molar-refractivity contribution >= 4 is 17.1 Å². The fraction of sp³-hybridized carbons (Fsp3) is 0. The monoisotopic (exact) mass is 899 g/mol. The molecule has 0 atom stereocenters. The summed E-state index contributed by atoms with van der Waals surface area (Å²) in [6.45, 7) is 0. The first-order valence-corrected chi connectivity index (χ1v) is 23.4. The van der Waals surface area contributed by atoms with E-state index in [4.69, 9.17) is 15.0 Å². The van der Waals surface area contributed by atoms with Crippen LogP contribution in [0.5, 0.6) is 0 Å². The smallest absolute Gasteiger partial charge is 0.138 e. The summed E-state index contributed by atoms with van der Waals surface area (Å²) < 4.78 is 0. The number of aromatic amines is 3. The molecule has 0 spiro atoms. The van der Waals surface area contributed by atoms with Crippen LogP contribution >= 0.6 is 0 Å². The number of nitrogens with zero attached hydrogens (tertiary/aromatic N) is 4. The number of benzene rings is 9. The van der Waals surface area contributed by atoms with Gasteiger partial charge in [-0.1, -0.05) is 182 Å². The molecule has 12 aromatic rings. The molecule has 0 fully saturated rings. The highest BCUT2D eigenvalue weighted by molar-refractivity contribution is 5.86. The van der Waals surface area contributed by atoms with Gasteiger partial charge in [0.2, 0.25) is 0 Å². The van der Waals surface area contributed by atoms with Crippen LogP contribution in [-0.4, -0.2) is 29.9 Å². The molecule has 332 valence electrons. The lowest BCUT2D eigenvalue weighted by atomic mass is 10.1. The van der Waals surface area contributed by atoms with Crippen LogP contribution in [0.2, 0.25) is 0 Å². The molecule has 3 heterocycles. The van der Waals surface area contributed by atoms with Crippen molar-refractivity contribution in [3.05, 3.63) is 255 Å². The van der Waals surface area contributed by atoms with Gasteiger partial charge in [0, 0.05) is 67.1 Å². The second-order valence-corrected chi connectivity index (χ2v) is 17.1. The van der Waals surface area contributed by atoms with Gasteiger partial charge in [-0.25, -0.2) is 15.0 Å². The molecular formula is C63H45N7. The first kappa shape index (κ1) is 41.8. The van der Waals surface area contributed by atoms with Crippen molar-refractivity contribution in [3.63, 3.8) is 0 Å². The number of rotatable bonds is 12. The highest BCUT2D eigenvalue weighted by Crippen LogP contribution is 2.41. The summed E-state index contributed by atoms with van der Waals surface area (Å²) in [5, 5.41) is 0. The van der Waals surface area contributed by atoms with Crippen LogP contribution in [-0.2, 0) is 0 Å². The fourth-order valence-electron chi connectivity index (χ4n) is 9.14. The minimum Gasteiger partial charge on any atom is -0.337 e. The summed E-state index contributed by atoms with van der Waals surface area (Å²) in [5.74, 6) is 2.41. The average Bonchev–Trinajstić information content (AvgIpc) is 4.22. The summed E-state index contributed by atoms with van der Waals surface area (Å²) >= 11 is 0. The number of nitrogens with one attached hydrogen (secondary N) is 3. The second-order valence-electron chi connectivity index (χ2n) is 17.1. The van der Waals surface area contributed by atoms with E-state index in [0.717, 1.165) is 119 Å². The molecule has 7 nitrogen and oxygen atoms in total. The Morgan fingerprint density at radius 1 is 0.214 bits per heavy atom. The van der Waals surface area contributed by atoms with Crippen LogP contribution in [0.1, 0.15) is 0 Å². The molecule has 0 bridgehead atoms. The largest absolute Gasteiger partial charge is 0.337 e. The molecule has 0 radical (unpaired) electrons. The predicted octanol–water partition coefficient (Wildman–Crippen LogP) is 16.3. The van der Waals surface area contributed by atoms with Crippen molar-refractivity contribution in [2.45, 2.75) is 0 Å². The lowest BCUT2D eigenvalue weighted by Gasteiger charge is -2.26. The summed E-state index contributed by atoms with van der Waals surface area (Å²) in [5.41, 5.74) is 18.1. The van der Waals surface area contributed by atoms with Crippen LogP contribution in [0.3, 0.4) is 0 Å². The molecule has 0 saturated heterocycles. The first-order chi connectivity index (χ1) is 34.7. The third-order valence-corrected chi connectivity index (χ3v) is 12.6. The second kappa shape index (κ2) is 18.6. The molecule has 0 aliphatic heterocycles. The lowest BCUT2D eigenvalue weighted by molar-refractivity contribution is 1.26. The molecule has 0 aliphatic rings. The molecule has 12 rings (SSSR count). The van der Waals surface area contributed by atoms with Crippen LogP contribution in [0, 0.1) is 0 Å². The highest BCUT2D eigenvalue weighted by atomic mass is 15.1. The zero-order valence-electron chi connectivity index (χ0n) is 38.0. The average molecular weight is 900 g/mol. The summed E-state index contributed by atoms with van der Waals surface area (Å²) in [6.07, 6.45) is 0. The molecule has 0 saturated carbocycles. The molecule has 70 heavy (non-hydrogen) atoms. The maximum absolute atomic E-state index is 5.20. The normalized spacial score (nSPS) is 11.1. The van der Waals surface area contributed by atoms with E-state index in [9.17, 15) is 0 Å². The Labute approximate surface area is 406 Å². The number of hydrogen-bond donors (Lipinski definition) is 3. The topological polar surface area (TPSA) is 89.3 Å². The van der Waals surface area contributed by atoms with E-state index in [-0.39, 0.29) is 0 Å². The van der Waals surface area contributed by atoms with Crippen molar-refractivity contribution in [1.29, 1.82) is 0 Å². The zero-order chi connectivity index (χ0) is 46.6. The van der Waals surface area contributed by atoms with Gasteiger partial charge in [0.15, 0.2) is 0 Å². The molecule has 0 unspecified atom stereocenters. The van der Waals surface area contributed by atoms with E-state index >= 15 is 0 Å². The van der Waals surface area contributed by atoms with Crippen LogP contribution in [0.25, 0.3) is 102 Å². The zero-order valence-corrected chi connectivity index (χ0v) is 38.0. The van der Waals surface area contributed by atoms with E-state index in [1.54, 1.807) is 0 Å². The number of aromatic nitrogens is 6. The summed E-state index contributed by atoms with van der Waals surface area (Å²) in [4.78, 5) is 28.9. The summed E-state index contributed by atoms with van der Waals surface area (Å²) in [6, 6.07) is 88.1. The van der Waals surface area contributed by atoms with Gasteiger partial charge in [-0.2, -0.15) is 0 Å². The SMILES string of the molecule is c1ccc(-c2nc(-c3ccc(N(c4ccc(-c5nc(-c6ccccc6)c(-c6ccccc6)[nH]5)cc4)c4ccc(-c5nc(-c6ccccc6)c(-c6ccccc6)[nH]5)cc4)cc3)[nH]c2-c2ccccc2)cc1. The fourth-order valence-corrected chi connectivity index (χ4v) is 9.14. The maximum atomic E-state index is 5.20. The maximum Gasteiger partial charge on any atom is 0.138 e. The minimum absolute atomic E-state index is 0.802. The van der Waals surface area contributed by atoms with E-state index in [1.807, 2.05) is 36.4 Å². The molecule has 7 heteroatoms. The van der Waals surface area contributed by atoms with Gasteiger partial charge >= 0.3 is 0 Å². The quantitative estimate of drug-likeness (QED) is 0.114. The molecular weight excluding hydrogens is 855 g/mol. The number of anilines is 3. The molecule has 0 aliphatic carbocycles. The first-order valence-electron chi connectivity index (χ1n) is 23.4. The van der Waals surface area contributed by atoms with Gasteiger partial charge in [-0.05, 0) is 72.8 Å². The van der Waals surface area contributed by atoms with Crippen molar-refractivity contribution in [2.24, 2.45) is 0 Å². The van der Waals surface area contributed by atoms with Gasteiger partial charge in [0.05, 0.1) is 34.2 Å². The Kier molecular flexibility index (Phi) is 11.1. The van der Waals surface area contributed by atoms with Gasteiger partial charge in [-0.15, -0.1) is 0 Å². The number of H-pyrrole nitrogens is 3. The Hall–Kier alpha value is -9.59. The van der Waals surface area contributed by atoms with Gasteiger partial charge in [0.1, 0.15) is 17.5 Å². The van der Waals surface area contributed by atoms with Crippen LogP contribution in [0.4, 0.5) is 17.1 Å².